The van der Waals surface area contributed by atoms with Gasteiger partial charge in [-0.3, -0.25) is 0 Å². The van der Waals surface area contributed by atoms with Gasteiger partial charge >= 0.3 is 5.97 Å². The summed E-state index contributed by atoms with van der Waals surface area (Å²) < 4.78 is 10.2. The lowest BCUT2D eigenvalue weighted by atomic mass is 10.1. The second-order valence-electron chi connectivity index (χ2n) is 3.57. The molecule has 0 unspecified atom stereocenters. The number of hydrogen-bond acceptors (Lipinski definition) is 4. The first kappa shape index (κ1) is 15.7. The number of carbonyl (C=O) groups excluding carboxylic acids is 1. The highest BCUT2D eigenvalue weighted by Crippen LogP contribution is 2.24. The monoisotopic (exact) mass is 259 g/mol. The van der Waals surface area contributed by atoms with Crippen LogP contribution in [0.4, 0.5) is 0 Å². The Hall–Kier alpha value is -1.26. The van der Waals surface area contributed by atoms with Crippen LogP contribution in [-0.4, -0.2) is 26.2 Å². The van der Waals surface area contributed by atoms with Gasteiger partial charge in [0.1, 0.15) is 12.4 Å². The minimum Gasteiger partial charge on any atom is -0.492 e. The molecule has 1 aromatic carbocycles. The van der Waals surface area contributed by atoms with Gasteiger partial charge < -0.3 is 15.2 Å². The lowest BCUT2D eigenvalue weighted by Gasteiger charge is -2.12. The number of halogens is 1. The van der Waals surface area contributed by atoms with Gasteiger partial charge in [0.05, 0.1) is 12.7 Å². The number of methoxy groups -OCH3 is 1. The Morgan fingerprint density at radius 1 is 1.29 bits per heavy atom. The Labute approximate surface area is 108 Å². The van der Waals surface area contributed by atoms with Crippen LogP contribution in [-0.2, 0) is 4.74 Å². The van der Waals surface area contributed by atoms with E-state index in [-0.39, 0.29) is 18.4 Å². The number of benzene rings is 1. The molecule has 0 amide bonds. The maximum atomic E-state index is 11.4. The normalized spacial score (nSPS) is 9.41. The van der Waals surface area contributed by atoms with E-state index in [1.807, 2.05) is 13.8 Å². The molecule has 0 aliphatic rings. The molecule has 17 heavy (non-hydrogen) atoms. The number of esters is 1. The van der Waals surface area contributed by atoms with E-state index in [1.54, 1.807) is 12.1 Å². The van der Waals surface area contributed by atoms with Crippen molar-refractivity contribution in [1.29, 1.82) is 0 Å². The first-order valence-electron chi connectivity index (χ1n) is 5.12. The number of aryl methyl sites for hydroxylation is 2. The van der Waals surface area contributed by atoms with Crippen LogP contribution in [0.25, 0.3) is 0 Å². The Balaban J connectivity index is 0.00000256. The molecular formula is C12H18ClNO3. The van der Waals surface area contributed by atoms with Crippen LogP contribution in [0.3, 0.4) is 0 Å². The highest BCUT2D eigenvalue weighted by molar-refractivity contribution is 5.90. The van der Waals surface area contributed by atoms with Gasteiger partial charge in [0, 0.05) is 6.54 Å². The molecule has 0 radical (unpaired) electrons. The average molecular weight is 260 g/mol. The minimum atomic E-state index is -0.337. The zero-order valence-electron chi connectivity index (χ0n) is 10.3. The van der Waals surface area contributed by atoms with Crippen molar-refractivity contribution >= 4 is 18.4 Å². The Morgan fingerprint density at radius 3 is 2.24 bits per heavy atom. The highest BCUT2D eigenvalue weighted by atomic mass is 35.5. The summed E-state index contributed by atoms with van der Waals surface area (Å²) in [5, 5.41) is 0. The van der Waals surface area contributed by atoms with Crippen LogP contribution in [0.2, 0.25) is 0 Å². The summed E-state index contributed by atoms with van der Waals surface area (Å²) >= 11 is 0. The van der Waals surface area contributed by atoms with E-state index >= 15 is 0 Å². The van der Waals surface area contributed by atoms with E-state index in [1.165, 1.54) is 7.11 Å². The predicted molar refractivity (Wildman–Crippen MR) is 69.1 cm³/mol. The van der Waals surface area contributed by atoms with Crippen molar-refractivity contribution in [3.63, 3.8) is 0 Å². The molecular weight excluding hydrogens is 242 g/mol. The van der Waals surface area contributed by atoms with E-state index in [4.69, 9.17) is 10.5 Å². The molecule has 0 aromatic heterocycles. The zero-order chi connectivity index (χ0) is 12.1. The van der Waals surface area contributed by atoms with Crippen molar-refractivity contribution in [2.75, 3.05) is 20.3 Å². The molecule has 1 aromatic rings. The number of ether oxygens (including phenoxy) is 2. The maximum absolute atomic E-state index is 11.4. The third-order valence-electron chi connectivity index (χ3n) is 2.25. The molecule has 0 heterocycles. The van der Waals surface area contributed by atoms with Crippen molar-refractivity contribution in [2.45, 2.75) is 13.8 Å². The molecule has 0 spiro atoms. The maximum Gasteiger partial charge on any atom is 0.337 e. The lowest BCUT2D eigenvalue weighted by molar-refractivity contribution is 0.0600. The Kier molecular flexibility index (Phi) is 6.61. The van der Waals surface area contributed by atoms with Crippen LogP contribution in [0, 0.1) is 13.8 Å². The first-order valence-corrected chi connectivity index (χ1v) is 5.12. The van der Waals surface area contributed by atoms with Crippen LogP contribution >= 0.6 is 12.4 Å². The van der Waals surface area contributed by atoms with E-state index in [9.17, 15) is 4.79 Å². The SMILES string of the molecule is COC(=O)c1cc(C)c(OCCN)c(C)c1.Cl. The van der Waals surface area contributed by atoms with Crippen molar-refractivity contribution in [2.24, 2.45) is 5.73 Å². The molecule has 4 nitrogen and oxygen atoms in total. The van der Waals surface area contributed by atoms with Gasteiger partial charge in [-0.2, -0.15) is 0 Å². The van der Waals surface area contributed by atoms with Gasteiger partial charge in [-0.05, 0) is 37.1 Å². The fourth-order valence-electron chi connectivity index (χ4n) is 1.57. The van der Waals surface area contributed by atoms with Gasteiger partial charge in [-0.1, -0.05) is 0 Å². The van der Waals surface area contributed by atoms with Crippen molar-refractivity contribution in [3.05, 3.63) is 28.8 Å². The lowest BCUT2D eigenvalue weighted by Crippen LogP contribution is -2.12. The average Bonchev–Trinajstić information content (AvgIpc) is 2.26. The number of carbonyl (C=O) groups is 1. The summed E-state index contributed by atoms with van der Waals surface area (Å²) in [4.78, 5) is 11.4. The molecule has 1 rings (SSSR count). The molecule has 2 N–H and O–H groups in total. The number of rotatable bonds is 4. The van der Waals surface area contributed by atoms with Crippen molar-refractivity contribution < 1.29 is 14.3 Å². The fourth-order valence-corrected chi connectivity index (χ4v) is 1.57. The van der Waals surface area contributed by atoms with Gasteiger partial charge in [-0.15, -0.1) is 12.4 Å². The second kappa shape index (κ2) is 7.14. The molecule has 0 aliphatic heterocycles. The second-order valence-corrected chi connectivity index (χ2v) is 3.57. The predicted octanol–water partition coefficient (Wildman–Crippen LogP) is 1.85. The van der Waals surface area contributed by atoms with E-state index in [0.717, 1.165) is 16.9 Å². The third-order valence-corrected chi connectivity index (χ3v) is 2.25. The Bertz CT molecular complexity index is 370. The molecule has 5 heteroatoms. The minimum absolute atomic E-state index is 0. The fraction of sp³-hybridized carbons (Fsp3) is 0.417. The molecule has 0 saturated heterocycles. The number of hydrogen-bond donors (Lipinski definition) is 1. The Morgan fingerprint density at radius 2 is 1.82 bits per heavy atom. The van der Waals surface area contributed by atoms with E-state index in [0.29, 0.717) is 18.7 Å². The molecule has 0 bridgehead atoms. The van der Waals surface area contributed by atoms with E-state index < -0.39 is 0 Å². The summed E-state index contributed by atoms with van der Waals surface area (Å²) in [6.07, 6.45) is 0. The van der Waals surface area contributed by atoms with Gasteiger partial charge in [-0.25, -0.2) is 4.79 Å². The summed E-state index contributed by atoms with van der Waals surface area (Å²) in [5.41, 5.74) is 7.74. The molecule has 0 saturated carbocycles. The third kappa shape index (κ3) is 3.91. The van der Waals surface area contributed by atoms with Crippen molar-refractivity contribution in [3.8, 4) is 5.75 Å². The van der Waals surface area contributed by atoms with Gasteiger partial charge in [0.2, 0.25) is 0 Å². The van der Waals surface area contributed by atoms with Crippen LogP contribution < -0.4 is 10.5 Å². The molecule has 0 aliphatic carbocycles. The number of nitrogens with two attached hydrogens (primary N) is 1. The smallest absolute Gasteiger partial charge is 0.337 e. The van der Waals surface area contributed by atoms with Crippen LogP contribution in [0.1, 0.15) is 21.5 Å². The first-order chi connectivity index (χ1) is 7.60. The van der Waals surface area contributed by atoms with E-state index in [2.05, 4.69) is 4.74 Å². The van der Waals surface area contributed by atoms with Crippen molar-refractivity contribution in [1.82, 2.24) is 0 Å². The summed E-state index contributed by atoms with van der Waals surface area (Å²) in [5.74, 6) is 0.453. The summed E-state index contributed by atoms with van der Waals surface area (Å²) in [7, 11) is 1.37. The van der Waals surface area contributed by atoms with Crippen LogP contribution in [0.15, 0.2) is 12.1 Å². The summed E-state index contributed by atoms with van der Waals surface area (Å²) in [6.45, 7) is 4.73. The molecule has 96 valence electrons. The topological polar surface area (TPSA) is 61.5 Å². The highest BCUT2D eigenvalue weighted by Gasteiger charge is 2.11. The quantitative estimate of drug-likeness (QED) is 0.839. The largest absolute Gasteiger partial charge is 0.492 e. The standard InChI is InChI=1S/C12H17NO3.ClH/c1-8-6-10(12(14)15-3)7-9(2)11(8)16-5-4-13;/h6-7H,4-5,13H2,1-3H3;1H. The molecule has 0 fully saturated rings. The van der Waals surface area contributed by atoms with Gasteiger partial charge in [0.25, 0.3) is 0 Å². The van der Waals surface area contributed by atoms with Crippen LogP contribution in [0.5, 0.6) is 5.75 Å². The molecule has 0 atom stereocenters. The van der Waals surface area contributed by atoms with Gasteiger partial charge in [0.15, 0.2) is 0 Å². The summed E-state index contributed by atoms with van der Waals surface area (Å²) in [6, 6.07) is 3.51. The zero-order valence-corrected chi connectivity index (χ0v) is 11.1.